The predicted molar refractivity (Wildman–Crippen MR) is 103 cm³/mol. The van der Waals surface area contributed by atoms with Crippen LogP contribution in [0.1, 0.15) is 23.5 Å². The van der Waals surface area contributed by atoms with Gasteiger partial charge in [-0.05, 0) is 23.8 Å². The summed E-state index contributed by atoms with van der Waals surface area (Å²) >= 11 is 0. The van der Waals surface area contributed by atoms with Gasteiger partial charge < -0.3 is 15.2 Å². The van der Waals surface area contributed by atoms with Crippen LogP contribution in [0.4, 0.5) is 5.69 Å². The lowest BCUT2D eigenvalue weighted by molar-refractivity contribution is -0.116. The first-order valence-corrected chi connectivity index (χ1v) is 8.44. The summed E-state index contributed by atoms with van der Waals surface area (Å²) in [6.07, 6.45) is 0.208. The molecule has 1 atom stereocenters. The summed E-state index contributed by atoms with van der Waals surface area (Å²) in [7, 11) is 1.57. The molecule has 0 saturated carbocycles. The third-order valence-corrected chi connectivity index (χ3v) is 4.28. The molecule has 0 aliphatic rings. The van der Waals surface area contributed by atoms with Crippen molar-refractivity contribution >= 4 is 11.6 Å². The van der Waals surface area contributed by atoms with Crippen LogP contribution in [0.3, 0.4) is 0 Å². The number of hydrogen-bond donors (Lipinski definition) is 2. The van der Waals surface area contributed by atoms with E-state index in [-0.39, 0.29) is 24.0 Å². The number of carbonyl (C=O) groups excluding carboxylic acids is 1. The lowest BCUT2D eigenvalue weighted by atomic mass is 9.87. The number of methoxy groups -OCH3 is 1. The van der Waals surface area contributed by atoms with E-state index in [9.17, 15) is 9.90 Å². The molecule has 0 fully saturated rings. The number of carbonyl (C=O) groups is 1. The molecule has 0 aliphatic heterocycles. The first-order chi connectivity index (χ1) is 12.7. The summed E-state index contributed by atoms with van der Waals surface area (Å²) < 4.78 is 5.28. The summed E-state index contributed by atoms with van der Waals surface area (Å²) in [5.41, 5.74) is 2.34. The van der Waals surface area contributed by atoms with Gasteiger partial charge >= 0.3 is 0 Å². The highest BCUT2D eigenvalue weighted by molar-refractivity contribution is 5.93. The fraction of sp³-hybridized carbons (Fsp3) is 0.136. The van der Waals surface area contributed by atoms with Crippen molar-refractivity contribution in [3.05, 3.63) is 90.0 Å². The molecule has 3 aromatic rings. The SMILES string of the molecule is COc1ccccc1NC(=O)CC(c1ccccc1)c1ccccc1O. The van der Waals surface area contributed by atoms with Crippen LogP contribution in [0.5, 0.6) is 11.5 Å². The van der Waals surface area contributed by atoms with Crippen LogP contribution in [-0.2, 0) is 4.79 Å². The zero-order valence-electron chi connectivity index (χ0n) is 14.6. The number of phenols is 1. The van der Waals surface area contributed by atoms with Gasteiger partial charge in [0, 0.05) is 17.9 Å². The molecule has 3 rings (SSSR count). The molecule has 0 aromatic heterocycles. The Bertz CT molecular complexity index is 877. The van der Waals surface area contributed by atoms with Gasteiger partial charge in [-0.2, -0.15) is 0 Å². The monoisotopic (exact) mass is 347 g/mol. The van der Waals surface area contributed by atoms with E-state index in [4.69, 9.17) is 4.74 Å². The fourth-order valence-corrected chi connectivity index (χ4v) is 3.01. The Morgan fingerprint density at radius 3 is 2.35 bits per heavy atom. The quantitative estimate of drug-likeness (QED) is 0.687. The van der Waals surface area contributed by atoms with Crippen molar-refractivity contribution in [3.8, 4) is 11.5 Å². The molecule has 3 aromatic carbocycles. The number of benzene rings is 3. The van der Waals surface area contributed by atoms with Crippen LogP contribution in [0.2, 0.25) is 0 Å². The molecule has 26 heavy (non-hydrogen) atoms. The lowest BCUT2D eigenvalue weighted by Gasteiger charge is -2.19. The number of amides is 1. The fourth-order valence-electron chi connectivity index (χ4n) is 3.01. The maximum atomic E-state index is 12.7. The average molecular weight is 347 g/mol. The number of ether oxygens (including phenoxy) is 1. The molecule has 0 radical (unpaired) electrons. The van der Waals surface area contributed by atoms with E-state index in [0.717, 1.165) is 11.1 Å². The van der Waals surface area contributed by atoms with Gasteiger partial charge in [0.2, 0.25) is 5.91 Å². The van der Waals surface area contributed by atoms with Gasteiger partial charge in [0.25, 0.3) is 0 Å². The number of anilines is 1. The first kappa shape index (κ1) is 17.5. The van der Waals surface area contributed by atoms with Crippen molar-refractivity contribution in [1.29, 1.82) is 0 Å². The molecule has 4 nitrogen and oxygen atoms in total. The average Bonchev–Trinajstić information content (AvgIpc) is 2.68. The van der Waals surface area contributed by atoms with E-state index in [2.05, 4.69) is 5.32 Å². The molecule has 0 saturated heterocycles. The van der Waals surface area contributed by atoms with Crippen LogP contribution in [0, 0.1) is 0 Å². The van der Waals surface area contributed by atoms with Gasteiger partial charge in [0.15, 0.2) is 0 Å². The Balaban J connectivity index is 1.86. The minimum Gasteiger partial charge on any atom is -0.508 e. The number of hydrogen-bond acceptors (Lipinski definition) is 3. The molecule has 132 valence electrons. The molecule has 2 N–H and O–H groups in total. The zero-order valence-corrected chi connectivity index (χ0v) is 14.6. The minimum absolute atomic E-state index is 0.147. The molecular weight excluding hydrogens is 326 g/mol. The predicted octanol–water partition coefficient (Wildman–Crippen LogP) is 4.56. The van der Waals surface area contributed by atoms with Crippen molar-refractivity contribution in [1.82, 2.24) is 0 Å². The second kappa shape index (κ2) is 8.21. The molecule has 1 amide bonds. The highest BCUT2D eigenvalue weighted by Crippen LogP contribution is 2.34. The normalized spacial score (nSPS) is 11.6. The largest absolute Gasteiger partial charge is 0.508 e. The minimum atomic E-state index is -0.243. The van der Waals surface area contributed by atoms with Crippen molar-refractivity contribution in [2.75, 3.05) is 12.4 Å². The van der Waals surface area contributed by atoms with Crippen LogP contribution in [0.25, 0.3) is 0 Å². The summed E-state index contributed by atoms with van der Waals surface area (Å²) in [5, 5.41) is 13.2. The third kappa shape index (κ3) is 4.03. The Morgan fingerprint density at radius 1 is 0.962 bits per heavy atom. The van der Waals surface area contributed by atoms with Gasteiger partial charge in [-0.1, -0.05) is 60.7 Å². The summed E-state index contributed by atoms with van der Waals surface area (Å²) in [4.78, 5) is 12.7. The molecule has 4 heteroatoms. The second-order valence-electron chi connectivity index (χ2n) is 5.97. The van der Waals surface area contributed by atoms with Gasteiger partial charge in [0.05, 0.1) is 12.8 Å². The Hall–Kier alpha value is -3.27. The Labute approximate surface area is 153 Å². The van der Waals surface area contributed by atoms with Crippen molar-refractivity contribution in [2.45, 2.75) is 12.3 Å². The van der Waals surface area contributed by atoms with Crippen LogP contribution < -0.4 is 10.1 Å². The summed E-state index contributed by atoms with van der Waals surface area (Å²) in [5.74, 6) is 0.407. The Morgan fingerprint density at radius 2 is 1.62 bits per heavy atom. The lowest BCUT2D eigenvalue weighted by Crippen LogP contribution is -2.17. The maximum Gasteiger partial charge on any atom is 0.225 e. The molecular formula is C22H21NO3. The topological polar surface area (TPSA) is 58.6 Å². The van der Waals surface area contributed by atoms with Gasteiger partial charge in [-0.15, -0.1) is 0 Å². The maximum absolute atomic E-state index is 12.7. The Kier molecular flexibility index (Phi) is 5.54. The third-order valence-electron chi connectivity index (χ3n) is 4.28. The van der Waals surface area contributed by atoms with Crippen molar-refractivity contribution in [2.24, 2.45) is 0 Å². The van der Waals surface area contributed by atoms with Crippen LogP contribution in [-0.4, -0.2) is 18.1 Å². The van der Waals surface area contributed by atoms with E-state index >= 15 is 0 Å². The van der Waals surface area contributed by atoms with Crippen LogP contribution >= 0.6 is 0 Å². The standard InChI is InChI=1S/C22H21NO3/c1-26-21-14-8-6-12-19(21)23-22(25)15-18(16-9-3-2-4-10-16)17-11-5-7-13-20(17)24/h2-14,18,24H,15H2,1H3,(H,23,25). The van der Waals surface area contributed by atoms with Crippen molar-refractivity contribution in [3.63, 3.8) is 0 Å². The molecule has 0 aliphatic carbocycles. The van der Waals surface area contributed by atoms with E-state index in [0.29, 0.717) is 11.4 Å². The first-order valence-electron chi connectivity index (χ1n) is 8.44. The summed E-state index contributed by atoms with van der Waals surface area (Å²) in [6, 6.07) is 24.1. The number of nitrogens with one attached hydrogen (secondary N) is 1. The molecule has 0 spiro atoms. The highest BCUT2D eigenvalue weighted by atomic mass is 16.5. The number of phenolic OH excluding ortho intramolecular Hbond substituents is 1. The number of aromatic hydroxyl groups is 1. The van der Waals surface area contributed by atoms with Gasteiger partial charge in [-0.3, -0.25) is 4.79 Å². The van der Waals surface area contributed by atoms with Gasteiger partial charge in [0.1, 0.15) is 11.5 Å². The van der Waals surface area contributed by atoms with Crippen LogP contribution in [0.15, 0.2) is 78.9 Å². The molecule has 0 heterocycles. The summed E-state index contributed by atoms with van der Waals surface area (Å²) in [6.45, 7) is 0. The smallest absolute Gasteiger partial charge is 0.225 e. The number of rotatable bonds is 6. The zero-order chi connectivity index (χ0) is 18.4. The van der Waals surface area contributed by atoms with E-state index in [1.165, 1.54) is 0 Å². The van der Waals surface area contributed by atoms with E-state index in [1.807, 2.05) is 54.6 Å². The molecule has 1 unspecified atom stereocenters. The van der Waals surface area contributed by atoms with Gasteiger partial charge in [-0.25, -0.2) is 0 Å². The molecule has 0 bridgehead atoms. The second-order valence-corrected chi connectivity index (χ2v) is 5.97. The van der Waals surface area contributed by atoms with E-state index < -0.39 is 0 Å². The number of para-hydroxylation sites is 3. The van der Waals surface area contributed by atoms with Crippen molar-refractivity contribution < 1.29 is 14.6 Å². The highest BCUT2D eigenvalue weighted by Gasteiger charge is 2.21. The van der Waals surface area contributed by atoms with E-state index in [1.54, 1.807) is 31.4 Å².